The van der Waals surface area contributed by atoms with E-state index in [1.807, 2.05) is 0 Å². The van der Waals surface area contributed by atoms with Crippen LogP contribution < -0.4 is 0 Å². The highest BCUT2D eigenvalue weighted by Crippen LogP contribution is 2.19. The van der Waals surface area contributed by atoms with E-state index in [-0.39, 0.29) is 12.5 Å². The Hall–Kier alpha value is -1.06. The second kappa shape index (κ2) is 4.98. The molecule has 1 heterocycles. The monoisotopic (exact) mass is 199 g/mol. The molecule has 1 atom stereocenters. The zero-order valence-electron chi connectivity index (χ0n) is 8.69. The van der Waals surface area contributed by atoms with E-state index in [2.05, 4.69) is 19.0 Å². The van der Waals surface area contributed by atoms with Crippen LogP contribution in [0.25, 0.3) is 0 Å². The number of aliphatic carboxylic acids is 1. The van der Waals surface area contributed by atoms with Crippen molar-refractivity contribution in [1.82, 2.24) is 0 Å². The molecule has 0 bridgehead atoms. The first-order chi connectivity index (χ1) is 6.58. The van der Waals surface area contributed by atoms with Gasteiger partial charge in [-0.1, -0.05) is 19.0 Å². The summed E-state index contributed by atoms with van der Waals surface area (Å²) in [6.45, 7) is 4.26. The zero-order valence-corrected chi connectivity index (χ0v) is 8.69. The smallest absolute Gasteiger partial charge is 0.303 e. The first-order valence-electron chi connectivity index (χ1n) is 5.01. The van der Waals surface area contributed by atoms with Gasteiger partial charge in [0, 0.05) is 12.8 Å². The first kappa shape index (κ1) is 11.0. The fourth-order valence-electron chi connectivity index (χ4n) is 1.52. The Bertz CT molecular complexity index is 236. The number of hydrogen-bond donors (Lipinski definition) is 1. The molecule has 1 rings (SSSR count). The number of carbonyl (C=O) groups is 1. The van der Waals surface area contributed by atoms with Crippen LogP contribution in [-0.4, -0.2) is 22.9 Å². The SMILES string of the molecule is CC(C)CC1=NOC(CCC(=O)O)C1. The molecule has 80 valence electrons. The molecule has 1 aliphatic heterocycles. The molecule has 0 saturated carbocycles. The van der Waals surface area contributed by atoms with Gasteiger partial charge in [0.1, 0.15) is 6.10 Å². The fourth-order valence-corrected chi connectivity index (χ4v) is 1.52. The lowest BCUT2D eigenvalue weighted by atomic mass is 10.0. The number of carboxylic acids is 1. The standard InChI is InChI=1S/C10H17NO3/c1-7(2)5-8-6-9(14-11-8)3-4-10(12)13/h7,9H,3-6H2,1-2H3,(H,12,13). The second-order valence-electron chi connectivity index (χ2n) is 4.12. The molecule has 0 aromatic carbocycles. The van der Waals surface area contributed by atoms with E-state index in [1.165, 1.54) is 0 Å². The maximum absolute atomic E-state index is 10.3. The quantitative estimate of drug-likeness (QED) is 0.737. The van der Waals surface area contributed by atoms with Gasteiger partial charge in [-0.25, -0.2) is 0 Å². The van der Waals surface area contributed by atoms with E-state index in [4.69, 9.17) is 9.94 Å². The minimum Gasteiger partial charge on any atom is -0.481 e. The highest BCUT2D eigenvalue weighted by Gasteiger charge is 2.21. The lowest BCUT2D eigenvalue weighted by Gasteiger charge is -2.05. The van der Waals surface area contributed by atoms with E-state index in [1.54, 1.807) is 0 Å². The summed E-state index contributed by atoms with van der Waals surface area (Å²) in [6.07, 6.45) is 2.45. The molecule has 0 aliphatic carbocycles. The third-order valence-corrected chi connectivity index (χ3v) is 2.12. The Labute approximate surface area is 83.9 Å². The summed E-state index contributed by atoms with van der Waals surface area (Å²) in [6, 6.07) is 0. The van der Waals surface area contributed by atoms with Crippen LogP contribution in [0.2, 0.25) is 0 Å². The highest BCUT2D eigenvalue weighted by atomic mass is 16.6. The third-order valence-electron chi connectivity index (χ3n) is 2.12. The van der Waals surface area contributed by atoms with Gasteiger partial charge in [0.25, 0.3) is 0 Å². The Balaban J connectivity index is 2.21. The average Bonchev–Trinajstić information content (AvgIpc) is 2.47. The molecular weight excluding hydrogens is 182 g/mol. The van der Waals surface area contributed by atoms with Crippen LogP contribution in [-0.2, 0) is 9.63 Å². The summed E-state index contributed by atoms with van der Waals surface area (Å²) in [5.41, 5.74) is 1.07. The van der Waals surface area contributed by atoms with Crippen molar-refractivity contribution in [1.29, 1.82) is 0 Å². The normalized spacial score (nSPS) is 20.8. The Morgan fingerprint density at radius 2 is 2.43 bits per heavy atom. The van der Waals surface area contributed by atoms with Gasteiger partial charge in [-0.3, -0.25) is 4.79 Å². The lowest BCUT2D eigenvalue weighted by molar-refractivity contribution is -0.137. The third kappa shape index (κ3) is 3.77. The highest BCUT2D eigenvalue weighted by molar-refractivity contribution is 5.85. The van der Waals surface area contributed by atoms with E-state index in [0.29, 0.717) is 12.3 Å². The summed E-state index contributed by atoms with van der Waals surface area (Å²) in [4.78, 5) is 15.5. The molecule has 1 N–H and O–H groups in total. The number of nitrogens with zero attached hydrogens (tertiary/aromatic N) is 1. The number of hydrogen-bond acceptors (Lipinski definition) is 3. The van der Waals surface area contributed by atoms with Crippen molar-refractivity contribution in [3.63, 3.8) is 0 Å². The van der Waals surface area contributed by atoms with Crippen LogP contribution in [0.4, 0.5) is 0 Å². The van der Waals surface area contributed by atoms with Crippen LogP contribution in [0.3, 0.4) is 0 Å². The van der Waals surface area contributed by atoms with E-state index < -0.39 is 5.97 Å². The van der Waals surface area contributed by atoms with Crippen molar-refractivity contribution in [2.24, 2.45) is 11.1 Å². The van der Waals surface area contributed by atoms with Crippen molar-refractivity contribution in [2.75, 3.05) is 0 Å². The second-order valence-corrected chi connectivity index (χ2v) is 4.12. The van der Waals surface area contributed by atoms with E-state index in [0.717, 1.165) is 18.6 Å². The molecule has 0 aromatic rings. The summed E-state index contributed by atoms with van der Waals surface area (Å²) in [5, 5.41) is 12.5. The van der Waals surface area contributed by atoms with Crippen LogP contribution in [0.1, 0.15) is 39.5 Å². The van der Waals surface area contributed by atoms with Gasteiger partial charge in [-0.15, -0.1) is 0 Å². The molecule has 14 heavy (non-hydrogen) atoms. The van der Waals surface area contributed by atoms with Gasteiger partial charge < -0.3 is 9.94 Å². The number of rotatable bonds is 5. The Kier molecular flexibility index (Phi) is 3.92. The maximum atomic E-state index is 10.3. The fraction of sp³-hybridized carbons (Fsp3) is 0.800. The molecule has 0 fully saturated rings. The largest absolute Gasteiger partial charge is 0.481 e. The average molecular weight is 199 g/mol. The predicted molar refractivity (Wildman–Crippen MR) is 53.2 cm³/mol. The number of oxime groups is 1. The summed E-state index contributed by atoms with van der Waals surface area (Å²) < 4.78 is 0. The Morgan fingerprint density at radius 3 is 3.00 bits per heavy atom. The molecule has 0 spiro atoms. The van der Waals surface area contributed by atoms with Gasteiger partial charge in [0.15, 0.2) is 0 Å². The molecular formula is C10H17NO3. The van der Waals surface area contributed by atoms with Crippen molar-refractivity contribution in [3.05, 3.63) is 0 Å². The van der Waals surface area contributed by atoms with E-state index >= 15 is 0 Å². The van der Waals surface area contributed by atoms with Crippen molar-refractivity contribution in [3.8, 4) is 0 Å². The number of carboxylic acid groups (broad SMARTS) is 1. The molecule has 4 nitrogen and oxygen atoms in total. The summed E-state index contributed by atoms with van der Waals surface area (Å²) >= 11 is 0. The predicted octanol–water partition coefficient (Wildman–Crippen LogP) is 2.04. The molecule has 4 heteroatoms. The maximum Gasteiger partial charge on any atom is 0.303 e. The lowest BCUT2D eigenvalue weighted by Crippen LogP contribution is -2.11. The molecule has 1 unspecified atom stereocenters. The van der Waals surface area contributed by atoms with Crippen LogP contribution in [0.5, 0.6) is 0 Å². The van der Waals surface area contributed by atoms with E-state index in [9.17, 15) is 4.79 Å². The van der Waals surface area contributed by atoms with Crippen LogP contribution >= 0.6 is 0 Å². The minimum atomic E-state index is -0.772. The van der Waals surface area contributed by atoms with Gasteiger partial charge in [0.05, 0.1) is 5.71 Å². The van der Waals surface area contributed by atoms with Gasteiger partial charge in [0.2, 0.25) is 0 Å². The molecule has 0 amide bonds. The zero-order chi connectivity index (χ0) is 10.6. The summed E-state index contributed by atoms with van der Waals surface area (Å²) in [5.74, 6) is -0.193. The minimum absolute atomic E-state index is 0.0140. The molecule has 0 saturated heterocycles. The van der Waals surface area contributed by atoms with Crippen molar-refractivity contribution in [2.45, 2.75) is 45.6 Å². The molecule has 0 aromatic heterocycles. The topological polar surface area (TPSA) is 58.9 Å². The van der Waals surface area contributed by atoms with Crippen LogP contribution in [0.15, 0.2) is 5.16 Å². The molecule has 0 radical (unpaired) electrons. The first-order valence-corrected chi connectivity index (χ1v) is 5.01. The van der Waals surface area contributed by atoms with Gasteiger partial charge in [-0.2, -0.15) is 0 Å². The van der Waals surface area contributed by atoms with Gasteiger partial charge in [-0.05, 0) is 18.8 Å². The van der Waals surface area contributed by atoms with Gasteiger partial charge >= 0.3 is 5.97 Å². The molecule has 1 aliphatic rings. The van der Waals surface area contributed by atoms with Crippen LogP contribution in [0, 0.1) is 5.92 Å². The van der Waals surface area contributed by atoms with Crippen molar-refractivity contribution < 1.29 is 14.7 Å². The Morgan fingerprint density at radius 1 is 1.71 bits per heavy atom. The van der Waals surface area contributed by atoms with Crippen molar-refractivity contribution >= 4 is 11.7 Å². The summed E-state index contributed by atoms with van der Waals surface area (Å²) in [7, 11) is 0.